The summed E-state index contributed by atoms with van der Waals surface area (Å²) >= 11 is 6.67. The molecule has 0 aromatic carbocycles. The predicted molar refractivity (Wildman–Crippen MR) is 29.5 cm³/mol. The van der Waals surface area contributed by atoms with Crippen LogP contribution in [0.2, 0.25) is 0 Å². The molecule has 0 atom stereocenters. The fourth-order valence-electron chi connectivity index (χ4n) is 0.251. The summed E-state index contributed by atoms with van der Waals surface area (Å²) in [6.07, 6.45) is 0. The lowest BCUT2D eigenvalue weighted by Crippen LogP contribution is -1.75. The topological polar surface area (TPSA) is 25.8 Å². The van der Waals surface area contributed by atoms with Crippen molar-refractivity contribution < 1.29 is 0 Å². The van der Waals surface area contributed by atoms with Gasteiger partial charge in [0.05, 0.1) is 5.88 Å². The van der Waals surface area contributed by atoms with Gasteiger partial charge in [0.25, 0.3) is 0 Å². The van der Waals surface area contributed by atoms with E-state index < -0.39 is 0 Å². The molecule has 0 unspecified atom stereocenters. The third-order valence-electron chi connectivity index (χ3n) is 0.526. The number of nitrogens with zero attached hydrogens (tertiary/aromatic N) is 2. The third-order valence-corrected chi connectivity index (χ3v) is 1.28. The molecule has 0 spiro atoms. The fourth-order valence-corrected chi connectivity index (χ4v) is 0.900. The molecule has 0 fully saturated rings. The summed E-state index contributed by atoms with van der Waals surface area (Å²) in [4.78, 5) is 3.81. The average Bonchev–Trinajstić information content (AvgIpc) is 2.14. The minimum atomic E-state index is 0.420. The van der Waals surface area contributed by atoms with Gasteiger partial charge in [-0.05, 0) is 11.5 Å². The van der Waals surface area contributed by atoms with Crippen molar-refractivity contribution in [3.63, 3.8) is 0 Å². The molecule has 1 aromatic rings. The van der Waals surface area contributed by atoms with Crippen LogP contribution in [0.4, 0.5) is 0 Å². The van der Waals surface area contributed by atoms with E-state index in [1.807, 2.05) is 0 Å². The first-order valence-corrected chi connectivity index (χ1v) is 3.12. The summed E-state index contributed by atoms with van der Waals surface area (Å²) in [7, 11) is 0. The normalized spacial score (nSPS) is 9.29. The Kier molecular flexibility index (Phi) is 1.59. The molecule has 2 nitrogen and oxygen atoms in total. The first kappa shape index (κ1) is 5.00. The Labute approximate surface area is 50.3 Å². The van der Waals surface area contributed by atoms with Crippen molar-refractivity contribution in [2.45, 2.75) is 5.88 Å². The van der Waals surface area contributed by atoms with Crippen LogP contribution >= 0.6 is 23.1 Å². The summed E-state index contributed by atoms with van der Waals surface area (Å²) in [6, 6.07) is 0. The monoisotopic (exact) mass is 134 g/mol. The first-order valence-electron chi connectivity index (χ1n) is 1.74. The van der Waals surface area contributed by atoms with E-state index in [0.717, 1.165) is 0 Å². The molecular formula is C3H3ClN2S. The van der Waals surface area contributed by atoms with Gasteiger partial charge in [-0.3, -0.25) is 0 Å². The number of hydrogen-bond acceptors (Lipinski definition) is 3. The van der Waals surface area contributed by atoms with Crippen LogP contribution in [0.5, 0.6) is 0 Å². The van der Waals surface area contributed by atoms with Gasteiger partial charge in [-0.2, -0.15) is 4.37 Å². The molecule has 0 bridgehead atoms. The van der Waals surface area contributed by atoms with Crippen LogP contribution in [0.3, 0.4) is 0 Å². The molecule has 0 amide bonds. The second-order valence-electron chi connectivity index (χ2n) is 0.981. The maximum absolute atomic E-state index is 5.35. The van der Waals surface area contributed by atoms with Gasteiger partial charge in [-0.25, -0.2) is 4.98 Å². The molecule has 0 radical (unpaired) electrons. The lowest BCUT2D eigenvalue weighted by Gasteiger charge is -1.73. The quantitative estimate of drug-likeness (QED) is 0.541. The summed E-state index contributed by atoms with van der Waals surface area (Å²) in [5, 5.41) is 0. The zero-order chi connectivity index (χ0) is 5.11. The molecule has 38 valence electrons. The van der Waals surface area contributed by atoms with Crippen LogP contribution in [0.25, 0.3) is 0 Å². The van der Waals surface area contributed by atoms with Crippen LogP contribution in [0, 0.1) is 0 Å². The van der Waals surface area contributed by atoms with Crippen molar-refractivity contribution in [1.82, 2.24) is 9.36 Å². The average molecular weight is 135 g/mol. The number of halogens is 1. The van der Waals surface area contributed by atoms with Crippen LogP contribution in [-0.4, -0.2) is 9.36 Å². The Bertz CT molecular complexity index is 127. The molecule has 0 aliphatic rings. The van der Waals surface area contributed by atoms with E-state index in [9.17, 15) is 0 Å². The molecule has 1 heterocycles. The second-order valence-corrected chi connectivity index (χ2v) is 1.85. The summed E-state index contributed by atoms with van der Waals surface area (Å²) in [5.74, 6) is 1.13. The van der Waals surface area contributed by atoms with E-state index in [1.54, 1.807) is 5.51 Å². The third kappa shape index (κ3) is 1.11. The lowest BCUT2D eigenvalue weighted by molar-refractivity contribution is 1.13. The first-order chi connectivity index (χ1) is 3.43. The highest BCUT2D eigenvalue weighted by molar-refractivity contribution is 7.03. The number of hydrogen-bond donors (Lipinski definition) is 0. The van der Waals surface area contributed by atoms with E-state index in [2.05, 4.69) is 9.36 Å². The van der Waals surface area contributed by atoms with Gasteiger partial charge < -0.3 is 0 Å². The lowest BCUT2D eigenvalue weighted by atomic mass is 10.7. The molecule has 4 heteroatoms. The van der Waals surface area contributed by atoms with Crippen LogP contribution < -0.4 is 0 Å². The summed E-state index contributed by atoms with van der Waals surface area (Å²) < 4.78 is 3.83. The Morgan fingerprint density at radius 1 is 1.86 bits per heavy atom. The molecule has 0 aliphatic heterocycles. The Hall–Kier alpha value is -0.150. The maximum atomic E-state index is 5.35. The molecule has 1 aromatic heterocycles. The van der Waals surface area contributed by atoms with Crippen molar-refractivity contribution in [3.05, 3.63) is 11.3 Å². The predicted octanol–water partition coefficient (Wildman–Crippen LogP) is 1.28. The maximum Gasteiger partial charge on any atom is 0.156 e. The van der Waals surface area contributed by atoms with Gasteiger partial charge >= 0.3 is 0 Å². The van der Waals surface area contributed by atoms with E-state index in [1.165, 1.54) is 11.5 Å². The van der Waals surface area contributed by atoms with Gasteiger partial charge in [0.2, 0.25) is 0 Å². The summed E-state index contributed by atoms with van der Waals surface area (Å²) in [6.45, 7) is 0. The highest BCUT2D eigenvalue weighted by Crippen LogP contribution is 1.96. The minimum Gasteiger partial charge on any atom is -0.227 e. The zero-order valence-electron chi connectivity index (χ0n) is 3.47. The van der Waals surface area contributed by atoms with Crippen molar-refractivity contribution in [1.29, 1.82) is 0 Å². The molecule has 1 rings (SSSR count). The van der Waals surface area contributed by atoms with Crippen molar-refractivity contribution >= 4 is 23.1 Å². The molecule has 0 aliphatic carbocycles. The van der Waals surface area contributed by atoms with Crippen LogP contribution in [-0.2, 0) is 5.88 Å². The van der Waals surface area contributed by atoms with Gasteiger partial charge in [0.1, 0.15) is 5.51 Å². The van der Waals surface area contributed by atoms with Gasteiger partial charge in [-0.15, -0.1) is 11.6 Å². The highest BCUT2D eigenvalue weighted by atomic mass is 35.5. The smallest absolute Gasteiger partial charge is 0.156 e. The largest absolute Gasteiger partial charge is 0.227 e. The van der Waals surface area contributed by atoms with E-state index >= 15 is 0 Å². The van der Waals surface area contributed by atoms with Crippen LogP contribution in [0.1, 0.15) is 5.82 Å². The number of alkyl halides is 1. The molecule has 7 heavy (non-hydrogen) atoms. The SMILES string of the molecule is ClCc1ncsn1. The Morgan fingerprint density at radius 3 is 3.00 bits per heavy atom. The summed E-state index contributed by atoms with van der Waals surface area (Å²) in [5.41, 5.74) is 1.66. The molecule has 0 saturated carbocycles. The Morgan fingerprint density at radius 2 is 2.71 bits per heavy atom. The zero-order valence-corrected chi connectivity index (χ0v) is 5.04. The fraction of sp³-hybridized carbons (Fsp3) is 0.333. The van der Waals surface area contributed by atoms with Crippen molar-refractivity contribution in [3.8, 4) is 0 Å². The molecule has 0 saturated heterocycles. The van der Waals surface area contributed by atoms with Gasteiger partial charge in [-0.1, -0.05) is 0 Å². The minimum absolute atomic E-state index is 0.420. The van der Waals surface area contributed by atoms with Gasteiger partial charge in [0, 0.05) is 0 Å². The molecule has 0 N–H and O–H groups in total. The second kappa shape index (κ2) is 2.23. The van der Waals surface area contributed by atoms with E-state index in [0.29, 0.717) is 11.7 Å². The van der Waals surface area contributed by atoms with Crippen molar-refractivity contribution in [2.24, 2.45) is 0 Å². The highest BCUT2D eigenvalue weighted by Gasteiger charge is 1.88. The van der Waals surface area contributed by atoms with Crippen molar-refractivity contribution in [2.75, 3.05) is 0 Å². The van der Waals surface area contributed by atoms with Crippen LogP contribution in [0.15, 0.2) is 5.51 Å². The Balaban J connectivity index is 2.76. The van der Waals surface area contributed by atoms with Gasteiger partial charge in [0.15, 0.2) is 5.82 Å². The number of aromatic nitrogens is 2. The standard InChI is InChI=1S/C3H3ClN2S/c4-1-3-5-2-7-6-3/h2H,1H2. The van der Waals surface area contributed by atoms with E-state index in [4.69, 9.17) is 11.6 Å². The van der Waals surface area contributed by atoms with E-state index in [-0.39, 0.29) is 0 Å². The number of rotatable bonds is 1. The molecular weight excluding hydrogens is 132 g/mol.